The maximum Gasteiger partial charge on any atom is 0.223 e. The predicted molar refractivity (Wildman–Crippen MR) is 73.0 cm³/mol. The van der Waals surface area contributed by atoms with Crippen molar-refractivity contribution in [2.24, 2.45) is 5.73 Å². The first-order chi connectivity index (χ1) is 8.70. The van der Waals surface area contributed by atoms with E-state index in [0.717, 1.165) is 25.8 Å². The standard InChI is InChI=1S/C15H22N2O/c1-12-4-6-13(7-5-12)11-17(14-8-9-14)15(18)3-2-10-16/h4-7,14H,2-3,8-11,16H2,1H3. The maximum atomic E-state index is 12.1. The molecule has 1 aliphatic carbocycles. The first-order valence-electron chi connectivity index (χ1n) is 6.76. The highest BCUT2D eigenvalue weighted by Gasteiger charge is 2.31. The first kappa shape index (κ1) is 13.1. The van der Waals surface area contributed by atoms with Gasteiger partial charge in [-0.2, -0.15) is 0 Å². The van der Waals surface area contributed by atoms with Crippen LogP contribution in [0.1, 0.15) is 36.8 Å². The quantitative estimate of drug-likeness (QED) is 0.836. The van der Waals surface area contributed by atoms with Gasteiger partial charge in [0.2, 0.25) is 5.91 Å². The normalized spacial score (nSPS) is 14.6. The van der Waals surface area contributed by atoms with Gasteiger partial charge in [-0.15, -0.1) is 0 Å². The molecule has 2 N–H and O–H groups in total. The molecule has 0 unspecified atom stereocenters. The number of carbonyl (C=O) groups is 1. The molecule has 0 heterocycles. The van der Waals surface area contributed by atoms with Crippen LogP contribution in [0.25, 0.3) is 0 Å². The molecule has 98 valence electrons. The number of aryl methyl sites for hydroxylation is 1. The highest BCUT2D eigenvalue weighted by molar-refractivity contribution is 5.76. The van der Waals surface area contributed by atoms with E-state index < -0.39 is 0 Å². The van der Waals surface area contributed by atoms with E-state index in [9.17, 15) is 4.79 Å². The third kappa shape index (κ3) is 3.57. The minimum Gasteiger partial charge on any atom is -0.335 e. The van der Waals surface area contributed by atoms with Crippen molar-refractivity contribution < 1.29 is 4.79 Å². The molecule has 1 aromatic rings. The summed E-state index contributed by atoms with van der Waals surface area (Å²) in [5, 5.41) is 0. The minimum absolute atomic E-state index is 0.253. The third-order valence-electron chi connectivity index (χ3n) is 3.38. The summed E-state index contributed by atoms with van der Waals surface area (Å²) in [6.45, 7) is 3.41. The summed E-state index contributed by atoms with van der Waals surface area (Å²) in [6, 6.07) is 8.90. The maximum absolute atomic E-state index is 12.1. The van der Waals surface area contributed by atoms with E-state index in [2.05, 4.69) is 31.2 Å². The molecule has 1 saturated carbocycles. The SMILES string of the molecule is Cc1ccc(CN(C(=O)CCCN)C2CC2)cc1. The third-order valence-corrected chi connectivity index (χ3v) is 3.38. The summed E-state index contributed by atoms with van der Waals surface area (Å²) >= 11 is 0. The Bertz CT molecular complexity index is 395. The van der Waals surface area contributed by atoms with Crippen molar-refractivity contribution in [2.45, 2.75) is 45.2 Å². The number of nitrogens with zero attached hydrogens (tertiary/aromatic N) is 1. The molecule has 1 fully saturated rings. The fourth-order valence-electron chi connectivity index (χ4n) is 2.09. The zero-order valence-corrected chi connectivity index (χ0v) is 11.1. The topological polar surface area (TPSA) is 46.3 Å². The zero-order valence-electron chi connectivity index (χ0n) is 11.1. The molecule has 0 bridgehead atoms. The number of nitrogens with two attached hydrogens (primary N) is 1. The molecule has 1 aliphatic rings. The highest BCUT2D eigenvalue weighted by atomic mass is 16.2. The Hall–Kier alpha value is -1.35. The number of rotatable bonds is 6. The van der Waals surface area contributed by atoms with Crippen molar-refractivity contribution in [3.8, 4) is 0 Å². The van der Waals surface area contributed by atoms with Crippen molar-refractivity contribution in [1.82, 2.24) is 4.90 Å². The van der Waals surface area contributed by atoms with Crippen LogP contribution in [-0.2, 0) is 11.3 Å². The molecule has 0 radical (unpaired) electrons. The Kier molecular flexibility index (Phi) is 4.37. The van der Waals surface area contributed by atoms with Crippen LogP contribution in [0.5, 0.6) is 0 Å². The lowest BCUT2D eigenvalue weighted by atomic mass is 10.1. The van der Waals surface area contributed by atoms with Gasteiger partial charge in [0.15, 0.2) is 0 Å². The van der Waals surface area contributed by atoms with Gasteiger partial charge in [0.05, 0.1) is 0 Å². The van der Waals surface area contributed by atoms with Gasteiger partial charge in [-0.05, 0) is 38.3 Å². The molecule has 18 heavy (non-hydrogen) atoms. The van der Waals surface area contributed by atoms with Crippen LogP contribution in [0, 0.1) is 6.92 Å². The molecule has 3 nitrogen and oxygen atoms in total. The summed E-state index contributed by atoms with van der Waals surface area (Å²) in [6.07, 6.45) is 3.68. The van der Waals surface area contributed by atoms with Gasteiger partial charge in [-0.1, -0.05) is 29.8 Å². The Morgan fingerprint density at radius 3 is 2.56 bits per heavy atom. The Labute approximate surface area is 109 Å². The van der Waals surface area contributed by atoms with E-state index in [1.165, 1.54) is 11.1 Å². The second kappa shape index (κ2) is 6.01. The van der Waals surface area contributed by atoms with E-state index in [1.54, 1.807) is 0 Å². The Balaban J connectivity index is 1.97. The lowest BCUT2D eigenvalue weighted by Gasteiger charge is -2.22. The van der Waals surface area contributed by atoms with Gasteiger partial charge in [-0.3, -0.25) is 4.79 Å². The molecular formula is C15H22N2O. The summed E-state index contributed by atoms with van der Waals surface area (Å²) in [7, 11) is 0. The first-order valence-corrected chi connectivity index (χ1v) is 6.76. The van der Waals surface area contributed by atoms with Crippen LogP contribution in [0.15, 0.2) is 24.3 Å². The van der Waals surface area contributed by atoms with Crippen LogP contribution >= 0.6 is 0 Å². The van der Waals surface area contributed by atoms with E-state index in [1.807, 2.05) is 4.90 Å². The van der Waals surface area contributed by atoms with Gasteiger partial charge in [0, 0.05) is 19.0 Å². The van der Waals surface area contributed by atoms with E-state index in [-0.39, 0.29) is 5.91 Å². The molecule has 0 saturated heterocycles. The Morgan fingerprint density at radius 2 is 2.00 bits per heavy atom. The second-order valence-corrected chi connectivity index (χ2v) is 5.13. The van der Waals surface area contributed by atoms with Crippen LogP contribution in [0.3, 0.4) is 0 Å². The fourth-order valence-corrected chi connectivity index (χ4v) is 2.09. The minimum atomic E-state index is 0.253. The number of carbonyl (C=O) groups excluding carboxylic acids is 1. The van der Waals surface area contributed by atoms with Gasteiger partial charge in [0.25, 0.3) is 0 Å². The lowest BCUT2D eigenvalue weighted by Crippen LogP contribution is -2.32. The summed E-state index contributed by atoms with van der Waals surface area (Å²) in [5.74, 6) is 0.253. The summed E-state index contributed by atoms with van der Waals surface area (Å²) < 4.78 is 0. The highest BCUT2D eigenvalue weighted by Crippen LogP contribution is 2.29. The van der Waals surface area contributed by atoms with E-state index in [4.69, 9.17) is 5.73 Å². The Morgan fingerprint density at radius 1 is 1.33 bits per heavy atom. The molecule has 0 spiro atoms. The predicted octanol–water partition coefficient (Wildman–Crippen LogP) is 2.22. The van der Waals surface area contributed by atoms with Gasteiger partial charge in [-0.25, -0.2) is 0 Å². The van der Waals surface area contributed by atoms with Crippen LogP contribution < -0.4 is 5.73 Å². The zero-order chi connectivity index (χ0) is 13.0. The largest absolute Gasteiger partial charge is 0.335 e. The van der Waals surface area contributed by atoms with Gasteiger partial charge < -0.3 is 10.6 Å². The van der Waals surface area contributed by atoms with Gasteiger partial charge in [0.1, 0.15) is 0 Å². The number of benzene rings is 1. The van der Waals surface area contributed by atoms with Crippen LogP contribution in [-0.4, -0.2) is 23.4 Å². The van der Waals surface area contributed by atoms with Crippen molar-refractivity contribution in [3.05, 3.63) is 35.4 Å². The van der Waals surface area contributed by atoms with Crippen molar-refractivity contribution >= 4 is 5.91 Å². The molecular weight excluding hydrogens is 224 g/mol. The molecule has 0 aromatic heterocycles. The van der Waals surface area contributed by atoms with Crippen molar-refractivity contribution in [1.29, 1.82) is 0 Å². The van der Waals surface area contributed by atoms with E-state index >= 15 is 0 Å². The van der Waals surface area contributed by atoms with Crippen molar-refractivity contribution in [2.75, 3.05) is 6.54 Å². The molecule has 0 atom stereocenters. The molecule has 0 aliphatic heterocycles. The second-order valence-electron chi connectivity index (χ2n) is 5.13. The number of hydrogen-bond acceptors (Lipinski definition) is 2. The molecule has 2 rings (SSSR count). The van der Waals surface area contributed by atoms with Crippen molar-refractivity contribution in [3.63, 3.8) is 0 Å². The molecule has 1 aromatic carbocycles. The average molecular weight is 246 g/mol. The summed E-state index contributed by atoms with van der Waals surface area (Å²) in [4.78, 5) is 14.2. The monoisotopic (exact) mass is 246 g/mol. The van der Waals surface area contributed by atoms with E-state index in [0.29, 0.717) is 19.0 Å². The summed E-state index contributed by atoms with van der Waals surface area (Å²) in [5.41, 5.74) is 7.94. The molecule has 1 amide bonds. The fraction of sp³-hybridized carbons (Fsp3) is 0.533. The van der Waals surface area contributed by atoms with Gasteiger partial charge >= 0.3 is 0 Å². The lowest BCUT2D eigenvalue weighted by molar-refractivity contribution is -0.132. The van der Waals surface area contributed by atoms with Crippen LogP contribution in [0.4, 0.5) is 0 Å². The average Bonchev–Trinajstić information content (AvgIpc) is 3.19. The number of amides is 1. The van der Waals surface area contributed by atoms with Crippen LogP contribution in [0.2, 0.25) is 0 Å². The molecule has 3 heteroatoms. The smallest absolute Gasteiger partial charge is 0.223 e. The number of hydrogen-bond donors (Lipinski definition) is 1.